The third-order valence-corrected chi connectivity index (χ3v) is 4.87. The maximum Gasteiger partial charge on any atom is 0.451 e. The van der Waals surface area contributed by atoms with Gasteiger partial charge in [-0.3, -0.25) is 4.79 Å². The first-order valence-electron chi connectivity index (χ1n) is 9.09. The van der Waals surface area contributed by atoms with Gasteiger partial charge in [-0.1, -0.05) is 6.92 Å². The van der Waals surface area contributed by atoms with Crippen molar-refractivity contribution in [1.82, 2.24) is 19.7 Å². The number of nitrogens with two attached hydrogens (primary N) is 1. The van der Waals surface area contributed by atoms with Gasteiger partial charge >= 0.3 is 6.18 Å². The van der Waals surface area contributed by atoms with Crippen molar-refractivity contribution >= 4 is 5.91 Å². The SMILES string of the molecule is CCc1cc(CC(N)CC(=O)N2CCn3c(nnc3C(F)(F)F)C2)c(F)cc1F. The lowest BCUT2D eigenvalue weighted by Crippen LogP contribution is -2.42. The summed E-state index contributed by atoms with van der Waals surface area (Å²) in [6, 6.07) is 1.48. The Labute approximate surface area is 163 Å². The first-order valence-corrected chi connectivity index (χ1v) is 9.09. The van der Waals surface area contributed by atoms with E-state index in [1.165, 1.54) is 11.0 Å². The lowest BCUT2D eigenvalue weighted by atomic mass is 9.99. The van der Waals surface area contributed by atoms with Crippen LogP contribution in [0, 0.1) is 11.6 Å². The molecule has 2 heterocycles. The molecule has 1 aliphatic heterocycles. The Morgan fingerprint density at radius 3 is 2.52 bits per heavy atom. The quantitative estimate of drug-likeness (QED) is 0.759. The Hall–Kier alpha value is -2.56. The van der Waals surface area contributed by atoms with Crippen LogP contribution in [-0.4, -0.2) is 38.2 Å². The van der Waals surface area contributed by atoms with E-state index in [9.17, 15) is 26.7 Å². The number of hydrogen-bond donors (Lipinski definition) is 1. The van der Waals surface area contributed by atoms with E-state index in [-0.39, 0.29) is 49.8 Å². The Kier molecular flexibility index (Phi) is 5.87. The third kappa shape index (κ3) is 4.55. The summed E-state index contributed by atoms with van der Waals surface area (Å²) < 4.78 is 67.2. The molecular formula is C18H20F5N5O. The number of nitrogens with zero attached hydrogens (tertiary/aromatic N) is 4. The average molecular weight is 417 g/mol. The van der Waals surface area contributed by atoms with Crippen LogP contribution in [0.1, 0.15) is 36.1 Å². The highest BCUT2D eigenvalue weighted by Crippen LogP contribution is 2.29. The van der Waals surface area contributed by atoms with Crippen molar-refractivity contribution in [1.29, 1.82) is 0 Å². The number of rotatable bonds is 5. The Morgan fingerprint density at radius 1 is 1.17 bits per heavy atom. The van der Waals surface area contributed by atoms with Gasteiger partial charge in [-0.25, -0.2) is 8.78 Å². The van der Waals surface area contributed by atoms with Crippen molar-refractivity contribution in [3.05, 3.63) is 46.5 Å². The van der Waals surface area contributed by atoms with Crippen molar-refractivity contribution in [2.75, 3.05) is 6.54 Å². The van der Waals surface area contributed by atoms with Crippen LogP contribution in [0.2, 0.25) is 0 Å². The molecule has 0 aliphatic carbocycles. The number of alkyl halides is 3. The van der Waals surface area contributed by atoms with E-state index in [0.717, 1.165) is 10.6 Å². The molecule has 2 aromatic rings. The normalized spacial score (nSPS) is 15.3. The summed E-state index contributed by atoms with van der Waals surface area (Å²) in [6.45, 7) is 1.61. The summed E-state index contributed by atoms with van der Waals surface area (Å²) in [5.74, 6) is -2.78. The van der Waals surface area contributed by atoms with Crippen molar-refractivity contribution < 1.29 is 26.7 Å². The minimum Gasteiger partial charge on any atom is -0.333 e. The van der Waals surface area contributed by atoms with Crippen molar-refractivity contribution in [3.63, 3.8) is 0 Å². The first-order chi connectivity index (χ1) is 13.6. The highest BCUT2D eigenvalue weighted by molar-refractivity contribution is 5.76. The van der Waals surface area contributed by atoms with Gasteiger partial charge < -0.3 is 15.2 Å². The predicted octanol–water partition coefficient (Wildman–Crippen LogP) is 2.44. The number of hydrogen-bond acceptors (Lipinski definition) is 4. The zero-order chi connectivity index (χ0) is 21.3. The number of halogens is 5. The highest BCUT2D eigenvalue weighted by atomic mass is 19.4. The number of carbonyl (C=O) groups excluding carboxylic acids is 1. The number of benzene rings is 1. The van der Waals surface area contributed by atoms with Crippen molar-refractivity contribution in [2.45, 2.75) is 51.5 Å². The van der Waals surface area contributed by atoms with E-state index in [0.29, 0.717) is 12.0 Å². The molecular weight excluding hydrogens is 397 g/mol. The minimum atomic E-state index is -4.61. The first kappa shape index (κ1) is 21.2. The van der Waals surface area contributed by atoms with Crippen LogP contribution in [0.25, 0.3) is 0 Å². The summed E-state index contributed by atoms with van der Waals surface area (Å²) in [5.41, 5.74) is 6.55. The Balaban J connectivity index is 1.63. The summed E-state index contributed by atoms with van der Waals surface area (Å²) in [5, 5.41) is 6.69. The molecule has 1 unspecified atom stereocenters. The standard InChI is InChI=1S/C18H20F5N5O/c1-2-10-5-11(14(20)8-13(10)19)6-12(24)7-16(29)27-3-4-28-15(9-27)25-26-17(28)18(21,22)23/h5,8,12H,2-4,6-7,9,24H2,1H3. The Morgan fingerprint density at radius 2 is 1.86 bits per heavy atom. The number of fused-ring (bicyclic) bond motifs is 1. The lowest BCUT2D eigenvalue weighted by molar-refractivity contribution is -0.148. The van der Waals surface area contributed by atoms with Crippen LogP contribution in [0.5, 0.6) is 0 Å². The van der Waals surface area contributed by atoms with Gasteiger partial charge in [0.15, 0.2) is 5.82 Å². The third-order valence-electron chi connectivity index (χ3n) is 4.87. The molecule has 6 nitrogen and oxygen atoms in total. The van der Waals surface area contributed by atoms with Crippen LogP contribution < -0.4 is 5.73 Å². The molecule has 1 aromatic heterocycles. The topological polar surface area (TPSA) is 77.0 Å². The fraction of sp³-hybridized carbons (Fsp3) is 0.500. The van der Waals surface area contributed by atoms with Gasteiger partial charge in [0.05, 0.1) is 6.54 Å². The average Bonchev–Trinajstić information content (AvgIpc) is 3.07. The molecule has 0 saturated heterocycles. The molecule has 158 valence electrons. The van der Waals surface area contributed by atoms with Crippen LogP contribution in [-0.2, 0) is 36.9 Å². The molecule has 2 N–H and O–H groups in total. The van der Waals surface area contributed by atoms with Gasteiger partial charge in [-0.05, 0) is 30.0 Å². The van der Waals surface area contributed by atoms with E-state index in [1.807, 2.05) is 0 Å². The van der Waals surface area contributed by atoms with Gasteiger partial charge in [0, 0.05) is 31.6 Å². The largest absolute Gasteiger partial charge is 0.451 e. The lowest BCUT2D eigenvalue weighted by Gasteiger charge is -2.29. The molecule has 11 heteroatoms. The van der Waals surface area contributed by atoms with E-state index >= 15 is 0 Å². The smallest absolute Gasteiger partial charge is 0.333 e. The van der Waals surface area contributed by atoms with Gasteiger partial charge in [-0.15, -0.1) is 10.2 Å². The van der Waals surface area contributed by atoms with Gasteiger partial charge in [-0.2, -0.15) is 13.2 Å². The molecule has 0 fully saturated rings. The second-order valence-corrected chi connectivity index (χ2v) is 6.96. The molecule has 1 aromatic carbocycles. The summed E-state index contributed by atoms with van der Waals surface area (Å²) in [6.07, 6.45) is -4.32. The summed E-state index contributed by atoms with van der Waals surface area (Å²) in [4.78, 5) is 13.8. The molecule has 3 rings (SSSR count). The maximum absolute atomic E-state index is 14.0. The molecule has 1 atom stereocenters. The van der Waals surface area contributed by atoms with Crippen LogP contribution in [0.15, 0.2) is 12.1 Å². The van der Waals surface area contributed by atoms with Crippen LogP contribution >= 0.6 is 0 Å². The second kappa shape index (κ2) is 8.05. The molecule has 0 spiro atoms. The van der Waals surface area contributed by atoms with Gasteiger partial charge in [0.2, 0.25) is 11.7 Å². The number of amides is 1. The number of aromatic nitrogens is 3. The van der Waals surface area contributed by atoms with E-state index in [2.05, 4.69) is 10.2 Å². The second-order valence-electron chi connectivity index (χ2n) is 6.96. The van der Waals surface area contributed by atoms with Crippen LogP contribution in [0.4, 0.5) is 22.0 Å². The molecule has 1 amide bonds. The van der Waals surface area contributed by atoms with Gasteiger partial charge in [0.25, 0.3) is 0 Å². The molecule has 0 bridgehead atoms. The van der Waals surface area contributed by atoms with E-state index < -0.39 is 29.7 Å². The zero-order valence-electron chi connectivity index (χ0n) is 15.6. The van der Waals surface area contributed by atoms with Crippen LogP contribution in [0.3, 0.4) is 0 Å². The predicted molar refractivity (Wildman–Crippen MR) is 92.5 cm³/mol. The molecule has 29 heavy (non-hydrogen) atoms. The van der Waals surface area contributed by atoms with Crippen molar-refractivity contribution in [3.8, 4) is 0 Å². The Bertz CT molecular complexity index is 911. The van der Waals surface area contributed by atoms with Gasteiger partial charge in [0.1, 0.15) is 11.6 Å². The molecule has 0 saturated carbocycles. The van der Waals surface area contributed by atoms with E-state index in [4.69, 9.17) is 5.73 Å². The number of carbonyl (C=O) groups is 1. The number of aryl methyl sites for hydroxylation is 1. The fourth-order valence-electron chi connectivity index (χ4n) is 3.36. The summed E-state index contributed by atoms with van der Waals surface area (Å²) in [7, 11) is 0. The van der Waals surface area contributed by atoms with E-state index in [1.54, 1.807) is 6.92 Å². The summed E-state index contributed by atoms with van der Waals surface area (Å²) >= 11 is 0. The van der Waals surface area contributed by atoms with Crippen molar-refractivity contribution in [2.24, 2.45) is 5.73 Å². The fourth-order valence-corrected chi connectivity index (χ4v) is 3.36. The minimum absolute atomic E-state index is 0.0348. The molecule has 0 radical (unpaired) electrons. The maximum atomic E-state index is 14.0. The monoisotopic (exact) mass is 417 g/mol. The highest BCUT2D eigenvalue weighted by Gasteiger charge is 2.39. The zero-order valence-corrected chi connectivity index (χ0v) is 15.6. The molecule has 1 aliphatic rings.